The van der Waals surface area contributed by atoms with E-state index in [1.54, 1.807) is 19.1 Å². The molecule has 3 N–H and O–H groups in total. The maximum absolute atomic E-state index is 10.4. The van der Waals surface area contributed by atoms with Crippen LogP contribution in [0.25, 0.3) is 0 Å². The second-order valence-electron chi connectivity index (χ2n) is 3.07. The molecule has 2 unspecified atom stereocenters. The van der Waals surface area contributed by atoms with Crippen molar-refractivity contribution in [2.75, 3.05) is 0 Å². The number of hydrogen-bond donors (Lipinski definition) is 2. The average Bonchev–Trinajstić information content (AvgIpc) is 2.15. The van der Waals surface area contributed by atoms with Crippen molar-refractivity contribution in [2.24, 2.45) is 5.73 Å². The second-order valence-corrected chi connectivity index (χ2v) is 3.07. The summed E-state index contributed by atoms with van der Waals surface area (Å²) < 4.78 is 4.69. The molecule has 0 saturated heterocycles. The molecular formula is C10H13NO3. The van der Waals surface area contributed by atoms with Gasteiger partial charge in [-0.3, -0.25) is 0 Å². The molecule has 1 aromatic carbocycles. The maximum atomic E-state index is 10.4. The monoisotopic (exact) mass is 195 g/mol. The van der Waals surface area contributed by atoms with Gasteiger partial charge >= 0.3 is 6.16 Å². The quantitative estimate of drug-likeness (QED) is 0.721. The molecule has 76 valence electrons. The van der Waals surface area contributed by atoms with Crippen LogP contribution in [0.15, 0.2) is 30.3 Å². The molecule has 0 aliphatic heterocycles. The minimum absolute atomic E-state index is 0.367. The smallest absolute Gasteiger partial charge is 0.450 e. The summed E-state index contributed by atoms with van der Waals surface area (Å²) in [6, 6.07) is 8.69. The van der Waals surface area contributed by atoms with Crippen LogP contribution in [0, 0.1) is 0 Å². The van der Waals surface area contributed by atoms with Crippen molar-refractivity contribution in [3.05, 3.63) is 35.9 Å². The van der Waals surface area contributed by atoms with Crippen LogP contribution in [0.5, 0.6) is 0 Å². The molecule has 0 spiro atoms. The molecular weight excluding hydrogens is 182 g/mol. The largest absolute Gasteiger partial charge is 0.506 e. The summed E-state index contributed by atoms with van der Waals surface area (Å²) in [7, 11) is 0. The van der Waals surface area contributed by atoms with Crippen molar-refractivity contribution in [2.45, 2.75) is 19.1 Å². The normalized spacial score (nSPS) is 14.4. The van der Waals surface area contributed by atoms with E-state index in [2.05, 4.69) is 4.74 Å². The Bertz CT molecular complexity index is 297. The first-order valence-corrected chi connectivity index (χ1v) is 4.31. The summed E-state index contributed by atoms with van der Waals surface area (Å²) in [6.45, 7) is 1.71. The fourth-order valence-electron chi connectivity index (χ4n) is 1.23. The minimum Gasteiger partial charge on any atom is -0.450 e. The van der Waals surface area contributed by atoms with Gasteiger partial charge in [0.05, 0.1) is 0 Å². The zero-order valence-corrected chi connectivity index (χ0v) is 7.88. The van der Waals surface area contributed by atoms with Crippen molar-refractivity contribution in [3.8, 4) is 0 Å². The van der Waals surface area contributed by atoms with Crippen LogP contribution in [0.3, 0.4) is 0 Å². The second kappa shape index (κ2) is 4.62. The number of ether oxygens (including phenoxy) is 1. The number of hydrogen-bond acceptors (Lipinski definition) is 3. The number of benzene rings is 1. The lowest BCUT2D eigenvalue weighted by atomic mass is 10.0. The van der Waals surface area contributed by atoms with Crippen molar-refractivity contribution < 1.29 is 14.6 Å². The highest BCUT2D eigenvalue weighted by Gasteiger charge is 2.19. The van der Waals surface area contributed by atoms with Crippen molar-refractivity contribution in [1.29, 1.82) is 0 Å². The Morgan fingerprint density at radius 2 is 2.00 bits per heavy atom. The highest BCUT2D eigenvalue weighted by Crippen LogP contribution is 2.19. The standard InChI is InChI=1S/C10H13NO3/c1-7(11)9(14-10(12)13)8-5-3-2-4-6-8/h2-7,9H,11H2,1H3,(H,12,13). The third kappa shape index (κ3) is 2.74. The molecule has 0 aliphatic rings. The topological polar surface area (TPSA) is 72.5 Å². The van der Waals surface area contributed by atoms with Crippen molar-refractivity contribution in [1.82, 2.24) is 0 Å². The third-order valence-electron chi connectivity index (χ3n) is 1.83. The minimum atomic E-state index is -1.31. The molecule has 4 nitrogen and oxygen atoms in total. The van der Waals surface area contributed by atoms with Gasteiger partial charge < -0.3 is 15.6 Å². The first-order chi connectivity index (χ1) is 6.61. The van der Waals surface area contributed by atoms with Crippen LogP contribution in [-0.4, -0.2) is 17.3 Å². The fourth-order valence-corrected chi connectivity index (χ4v) is 1.23. The average molecular weight is 195 g/mol. The van der Waals surface area contributed by atoms with Gasteiger partial charge in [-0.2, -0.15) is 0 Å². The van der Waals surface area contributed by atoms with Gasteiger partial charge in [-0.1, -0.05) is 30.3 Å². The SMILES string of the molecule is CC(N)C(OC(=O)O)c1ccccc1. The first-order valence-electron chi connectivity index (χ1n) is 4.31. The molecule has 0 fully saturated rings. The molecule has 4 heteroatoms. The number of carboxylic acid groups (broad SMARTS) is 1. The summed E-state index contributed by atoms with van der Waals surface area (Å²) >= 11 is 0. The molecule has 2 atom stereocenters. The lowest BCUT2D eigenvalue weighted by Gasteiger charge is -2.19. The Morgan fingerprint density at radius 3 is 2.43 bits per heavy atom. The van der Waals surface area contributed by atoms with E-state index in [1.807, 2.05) is 18.2 Å². The zero-order chi connectivity index (χ0) is 10.6. The van der Waals surface area contributed by atoms with E-state index in [1.165, 1.54) is 0 Å². The number of carbonyl (C=O) groups is 1. The molecule has 0 heterocycles. The van der Waals surface area contributed by atoms with E-state index in [0.29, 0.717) is 0 Å². The number of rotatable bonds is 3. The van der Waals surface area contributed by atoms with E-state index in [0.717, 1.165) is 5.56 Å². The predicted octanol–water partition coefficient (Wildman–Crippen LogP) is 1.77. The van der Waals surface area contributed by atoms with Crippen LogP contribution < -0.4 is 5.73 Å². The molecule has 14 heavy (non-hydrogen) atoms. The van der Waals surface area contributed by atoms with Gasteiger partial charge in [0, 0.05) is 6.04 Å². The van der Waals surface area contributed by atoms with E-state index >= 15 is 0 Å². The van der Waals surface area contributed by atoms with Crippen molar-refractivity contribution in [3.63, 3.8) is 0 Å². The van der Waals surface area contributed by atoms with E-state index in [4.69, 9.17) is 10.8 Å². The van der Waals surface area contributed by atoms with Gasteiger partial charge in [0.2, 0.25) is 0 Å². The van der Waals surface area contributed by atoms with Gasteiger partial charge in [-0.25, -0.2) is 4.79 Å². The van der Waals surface area contributed by atoms with Crippen LogP contribution >= 0.6 is 0 Å². The highest BCUT2D eigenvalue weighted by molar-refractivity contribution is 5.57. The Kier molecular flexibility index (Phi) is 3.48. The molecule has 0 saturated carbocycles. The number of nitrogens with two attached hydrogens (primary N) is 1. The molecule has 0 aliphatic carbocycles. The zero-order valence-electron chi connectivity index (χ0n) is 7.88. The molecule has 0 bridgehead atoms. The molecule has 1 rings (SSSR count). The summed E-state index contributed by atoms with van der Waals surface area (Å²) in [5.74, 6) is 0. The molecule has 0 aromatic heterocycles. The van der Waals surface area contributed by atoms with E-state index in [-0.39, 0.29) is 6.04 Å². The Balaban J connectivity index is 2.83. The van der Waals surface area contributed by atoms with Crippen LogP contribution in [0.2, 0.25) is 0 Å². The van der Waals surface area contributed by atoms with Gasteiger partial charge in [0.1, 0.15) is 6.10 Å². The summed E-state index contributed by atoms with van der Waals surface area (Å²) in [5, 5.41) is 8.52. The van der Waals surface area contributed by atoms with Gasteiger partial charge in [0.25, 0.3) is 0 Å². The summed E-state index contributed by atoms with van der Waals surface area (Å²) in [4.78, 5) is 10.4. The predicted molar refractivity (Wildman–Crippen MR) is 51.9 cm³/mol. The summed E-state index contributed by atoms with van der Waals surface area (Å²) in [5.41, 5.74) is 6.40. The van der Waals surface area contributed by atoms with Crippen molar-refractivity contribution >= 4 is 6.16 Å². The Morgan fingerprint density at radius 1 is 1.43 bits per heavy atom. The summed E-state index contributed by atoms with van der Waals surface area (Å²) in [6.07, 6.45) is -1.91. The lowest BCUT2D eigenvalue weighted by Crippen LogP contribution is -2.28. The van der Waals surface area contributed by atoms with Gasteiger partial charge in [0.15, 0.2) is 0 Å². The van der Waals surface area contributed by atoms with Gasteiger partial charge in [-0.15, -0.1) is 0 Å². The first kappa shape index (κ1) is 10.5. The third-order valence-corrected chi connectivity index (χ3v) is 1.83. The Labute approximate surface area is 82.3 Å². The van der Waals surface area contributed by atoms with E-state index in [9.17, 15) is 4.79 Å². The van der Waals surface area contributed by atoms with Gasteiger partial charge in [-0.05, 0) is 12.5 Å². The molecule has 0 amide bonds. The Hall–Kier alpha value is -1.55. The molecule has 0 radical (unpaired) electrons. The van der Waals surface area contributed by atoms with Crippen LogP contribution in [0.1, 0.15) is 18.6 Å². The highest BCUT2D eigenvalue weighted by atomic mass is 16.7. The van der Waals surface area contributed by atoms with E-state index < -0.39 is 12.3 Å². The maximum Gasteiger partial charge on any atom is 0.506 e. The molecule has 1 aromatic rings. The van der Waals surface area contributed by atoms with Crippen LogP contribution in [-0.2, 0) is 4.74 Å². The van der Waals surface area contributed by atoms with Crippen LogP contribution in [0.4, 0.5) is 4.79 Å². The lowest BCUT2D eigenvalue weighted by molar-refractivity contribution is 0.0422. The fraction of sp³-hybridized carbons (Fsp3) is 0.300.